The van der Waals surface area contributed by atoms with Crippen molar-refractivity contribution < 1.29 is 4.79 Å². The summed E-state index contributed by atoms with van der Waals surface area (Å²) in [4.78, 5) is 10.2. The average Bonchev–Trinajstić information content (AvgIpc) is 1.65. The van der Waals surface area contributed by atoms with Gasteiger partial charge in [-0.25, -0.2) is 0 Å². The van der Waals surface area contributed by atoms with E-state index < -0.39 is 6.29 Å². The maximum Gasteiger partial charge on any atom is 0.219 e. The van der Waals surface area contributed by atoms with Crippen LogP contribution in [0.25, 0.3) is 0 Å². The van der Waals surface area contributed by atoms with Gasteiger partial charge in [-0.15, -0.1) is 0 Å². The maximum absolute atomic E-state index is 10.2. The van der Waals surface area contributed by atoms with Crippen molar-refractivity contribution in [2.75, 3.05) is 7.05 Å². The van der Waals surface area contributed by atoms with E-state index in [4.69, 9.17) is 5.73 Å². The summed E-state index contributed by atoms with van der Waals surface area (Å²) in [5.74, 6) is -0.133. The van der Waals surface area contributed by atoms with Gasteiger partial charge in [-0.1, -0.05) is 0 Å². The van der Waals surface area contributed by atoms with Crippen molar-refractivity contribution in [2.45, 2.75) is 13.2 Å². The van der Waals surface area contributed by atoms with E-state index in [2.05, 4.69) is 10.6 Å². The average molecular weight is 117 g/mol. The van der Waals surface area contributed by atoms with E-state index in [0.717, 1.165) is 0 Å². The van der Waals surface area contributed by atoms with Crippen LogP contribution in [0.2, 0.25) is 0 Å². The van der Waals surface area contributed by atoms with Crippen molar-refractivity contribution in [3.8, 4) is 0 Å². The molecule has 0 saturated carbocycles. The SMILES string of the molecule is CNC(N)NC(C)=O. The highest BCUT2D eigenvalue weighted by atomic mass is 16.1. The Morgan fingerprint density at radius 1 is 1.75 bits per heavy atom. The van der Waals surface area contributed by atoms with Gasteiger partial charge in [-0.3, -0.25) is 15.8 Å². The zero-order valence-corrected chi connectivity index (χ0v) is 5.06. The van der Waals surface area contributed by atoms with Crippen molar-refractivity contribution in [3.05, 3.63) is 0 Å². The molecule has 0 aromatic rings. The predicted molar refractivity (Wildman–Crippen MR) is 30.9 cm³/mol. The second kappa shape index (κ2) is 3.40. The zero-order valence-electron chi connectivity index (χ0n) is 5.06. The summed E-state index contributed by atoms with van der Waals surface area (Å²) in [5.41, 5.74) is 5.23. The summed E-state index contributed by atoms with van der Waals surface area (Å²) < 4.78 is 0. The Morgan fingerprint density at radius 2 is 2.25 bits per heavy atom. The monoisotopic (exact) mass is 117 g/mol. The van der Waals surface area contributed by atoms with Crippen molar-refractivity contribution >= 4 is 5.91 Å². The Morgan fingerprint density at radius 3 is 2.38 bits per heavy atom. The van der Waals surface area contributed by atoms with Gasteiger partial charge < -0.3 is 5.32 Å². The summed E-state index contributed by atoms with van der Waals surface area (Å²) in [6.07, 6.45) is -0.424. The van der Waals surface area contributed by atoms with Crippen LogP contribution in [0.15, 0.2) is 0 Å². The fourth-order valence-electron chi connectivity index (χ4n) is 0.291. The third-order valence-corrected chi connectivity index (χ3v) is 0.670. The minimum absolute atomic E-state index is 0.133. The molecule has 0 fully saturated rings. The molecule has 0 aliphatic heterocycles. The number of carbonyl (C=O) groups is 1. The highest BCUT2D eigenvalue weighted by molar-refractivity contribution is 5.72. The lowest BCUT2D eigenvalue weighted by Gasteiger charge is -2.09. The third-order valence-electron chi connectivity index (χ3n) is 0.670. The maximum atomic E-state index is 10.2. The van der Waals surface area contributed by atoms with Crippen molar-refractivity contribution in [2.24, 2.45) is 5.73 Å². The highest BCUT2D eigenvalue weighted by Crippen LogP contribution is 1.60. The standard InChI is InChI=1S/C4H11N3O/c1-3(8)7-4(5)6-2/h4,6H,5H2,1-2H3,(H,7,8). The molecule has 0 aliphatic rings. The van der Waals surface area contributed by atoms with Gasteiger partial charge in [-0.2, -0.15) is 0 Å². The van der Waals surface area contributed by atoms with Crippen molar-refractivity contribution in [1.82, 2.24) is 10.6 Å². The van der Waals surface area contributed by atoms with Gasteiger partial charge in [0.2, 0.25) is 5.91 Å². The van der Waals surface area contributed by atoms with Gasteiger partial charge in [0.1, 0.15) is 6.29 Å². The molecule has 8 heavy (non-hydrogen) atoms. The molecule has 0 rings (SSSR count). The molecular weight excluding hydrogens is 106 g/mol. The summed E-state index contributed by atoms with van der Waals surface area (Å²) in [6.45, 7) is 1.41. The van der Waals surface area contributed by atoms with Gasteiger partial charge in [0, 0.05) is 6.92 Å². The van der Waals surface area contributed by atoms with E-state index in [9.17, 15) is 4.79 Å². The Bertz CT molecular complexity index is 83.4. The van der Waals surface area contributed by atoms with Crippen molar-refractivity contribution in [3.63, 3.8) is 0 Å². The molecule has 48 valence electrons. The van der Waals surface area contributed by atoms with E-state index in [0.29, 0.717) is 0 Å². The molecular formula is C4H11N3O. The van der Waals surface area contributed by atoms with E-state index in [1.54, 1.807) is 7.05 Å². The van der Waals surface area contributed by atoms with Crippen LogP contribution in [0, 0.1) is 0 Å². The molecule has 0 aromatic carbocycles. The molecule has 0 saturated heterocycles. The van der Waals surface area contributed by atoms with Gasteiger partial charge >= 0.3 is 0 Å². The molecule has 4 N–H and O–H groups in total. The van der Waals surface area contributed by atoms with Crippen LogP contribution in [0.3, 0.4) is 0 Å². The van der Waals surface area contributed by atoms with Gasteiger partial charge in [-0.05, 0) is 7.05 Å². The molecule has 0 spiro atoms. The smallest absolute Gasteiger partial charge is 0.219 e. The second-order valence-electron chi connectivity index (χ2n) is 1.47. The van der Waals surface area contributed by atoms with E-state index in [1.807, 2.05) is 0 Å². The van der Waals surface area contributed by atoms with Crippen LogP contribution >= 0.6 is 0 Å². The number of nitrogens with two attached hydrogens (primary N) is 1. The topological polar surface area (TPSA) is 67.2 Å². The van der Waals surface area contributed by atoms with Gasteiger partial charge in [0.15, 0.2) is 0 Å². The molecule has 1 amide bonds. The molecule has 0 aromatic heterocycles. The number of carbonyl (C=O) groups excluding carboxylic acids is 1. The van der Waals surface area contributed by atoms with Gasteiger partial charge in [0.25, 0.3) is 0 Å². The number of amides is 1. The van der Waals surface area contributed by atoms with Crippen LogP contribution in [0.5, 0.6) is 0 Å². The van der Waals surface area contributed by atoms with E-state index >= 15 is 0 Å². The number of nitrogens with one attached hydrogen (secondary N) is 2. The Labute approximate surface area is 48.4 Å². The van der Waals surface area contributed by atoms with Crippen LogP contribution in [-0.4, -0.2) is 19.2 Å². The Balaban J connectivity index is 3.24. The number of rotatable bonds is 2. The lowest BCUT2D eigenvalue weighted by atomic mass is 10.7. The van der Waals surface area contributed by atoms with Gasteiger partial charge in [0.05, 0.1) is 0 Å². The quantitative estimate of drug-likeness (QED) is 0.389. The first-order chi connectivity index (χ1) is 3.66. The predicted octanol–water partition coefficient (Wildman–Crippen LogP) is -1.42. The fraction of sp³-hybridized carbons (Fsp3) is 0.750. The Kier molecular flexibility index (Phi) is 3.14. The molecule has 1 unspecified atom stereocenters. The molecule has 4 nitrogen and oxygen atoms in total. The molecule has 0 radical (unpaired) electrons. The number of hydrogen-bond donors (Lipinski definition) is 3. The molecule has 0 heterocycles. The van der Waals surface area contributed by atoms with E-state index in [-0.39, 0.29) is 5.91 Å². The fourth-order valence-corrected chi connectivity index (χ4v) is 0.291. The summed E-state index contributed by atoms with van der Waals surface area (Å²) in [6, 6.07) is 0. The molecule has 0 aliphatic carbocycles. The van der Waals surface area contributed by atoms with E-state index in [1.165, 1.54) is 6.92 Å². The zero-order chi connectivity index (χ0) is 6.57. The summed E-state index contributed by atoms with van der Waals surface area (Å²) in [5, 5.41) is 5.06. The first kappa shape index (κ1) is 7.39. The highest BCUT2D eigenvalue weighted by Gasteiger charge is 1.95. The largest absolute Gasteiger partial charge is 0.329 e. The summed E-state index contributed by atoms with van der Waals surface area (Å²) in [7, 11) is 1.67. The van der Waals surface area contributed by atoms with Crippen LogP contribution < -0.4 is 16.4 Å². The minimum Gasteiger partial charge on any atom is -0.329 e. The Hall–Kier alpha value is -0.610. The summed E-state index contributed by atoms with van der Waals surface area (Å²) >= 11 is 0. The molecule has 0 bridgehead atoms. The minimum atomic E-state index is -0.424. The second-order valence-corrected chi connectivity index (χ2v) is 1.47. The molecule has 4 heteroatoms. The van der Waals surface area contributed by atoms with Crippen LogP contribution in [-0.2, 0) is 4.79 Å². The lowest BCUT2D eigenvalue weighted by Crippen LogP contribution is -2.49. The third kappa shape index (κ3) is 3.58. The van der Waals surface area contributed by atoms with Crippen LogP contribution in [0.4, 0.5) is 0 Å². The first-order valence-corrected chi connectivity index (χ1v) is 2.36. The van der Waals surface area contributed by atoms with Crippen molar-refractivity contribution in [1.29, 1.82) is 0 Å². The first-order valence-electron chi connectivity index (χ1n) is 2.36. The van der Waals surface area contributed by atoms with Crippen LogP contribution in [0.1, 0.15) is 6.92 Å². The number of hydrogen-bond acceptors (Lipinski definition) is 3. The lowest BCUT2D eigenvalue weighted by molar-refractivity contribution is -0.119. The molecule has 1 atom stereocenters. The normalized spacial score (nSPS) is 12.9.